The van der Waals surface area contributed by atoms with Gasteiger partial charge in [0.15, 0.2) is 0 Å². The molecule has 0 N–H and O–H groups in total. The van der Waals surface area contributed by atoms with Crippen molar-refractivity contribution in [3.63, 3.8) is 0 Å². The number of hydrogen-bond acceptors (Lipinski definition) is 2. The van der Waals surface area contributed by atoms with E-state index in [1.165, 1.54) is 15.4 Å². The van der Waals surface area contributed by atoms with Gasteiger partial charge in [0.2, 0.25) is 0 Å². The second kappa shape index (κ2) is 11.2. The zero-order valence-electron chi connectivity index (χ0n) is 14.6. The summed E-state index contributed by atoms with van der Waals surface area (Å²) in [6.07, 6.45) is 7.05. The second-order valence-corrected chi connectivity index (χ2v) is 8.05. The molecule has 0 aromatic heterocycles. The molecule has 0 radical (unpaired) electrons. The molecular formula is C22H26S2. The summed E-state index contributed by atoms with van der Waals surface area (Å²) in [7, 11) is 0. The first kappa shape index (κ1) is 19.0. The topological polar surface area (TPSA) is 0 Å². The van der Waals surface area contributed by atoms with Crippen LogP contribution in [0.25, 0.3) is 0 Å². The SMILES string of the molecule is CC(C)=CCC/C(=C/CSc1ccccc1)CSc1ccccc1. The van der Waals surface area contributed by atoms with Gasteiger partial charge in [-0.25, -0.2) is 0 Å². The fourth-order valence-electron chi connectivity index (χ4n) is 2.24. The Kier molecular flexibility index (Phi) is 8.86. The Labute approximate surface area is 155 Å². The monoisotopic (exact) mass is 354 g/mol. The largest absolute Gasteiger partial charge is 0.122 e. The quantitative estimate of drug-likeness (QED) is 0.344. The first-order valence-electron chi connectivity index (χ1n) is 8.41. The van der Waals surface area contributed by atoms with Gasteiger partial charge in [0.25, 0.3) is 0 Å². The van der Waals surface area contributed by atoms with Gasteiger partial charge < -0.3 is 0 Å². The summed E-state index contributed by atoms with van der Waals surface area (Å²) >= 11 is 3.84. The van der Waals surface area contributed by atoms with Crippen molar-refractivity contribution < 1.29 is 0 Å². The van der Waals surface area contributed by atoms with Gasteiger partial charge in [0.05, 0.1) is 0 Å². The van der Waals surface area contributed by atoms with Crippen molar-refractivity contribution in [3.8, 4) is 0 Å². The molecule has 2 heteroatoms. The van der Waals surface area contributed by atoms with Crippen LogP contribution in [-0.2, 0) is 0 Å². The van der Waals surface area contributed by atoms with E-state index in [0.29, 0.717) is 0 Å². The third-order valence-corrected chi connectivity index (χ3v) is 5.61. The molecule has 0 aliphatic heterocycles. The highest BCUT2D eigenvalue weighted by molar-refractivity contribution is 7.99. The van der Waals surface area contributed by atoms with Crippen LogP contribution in [0.1, 0.15) is 26.7 Å². The van der Waals surface area contributed by atoms with Crippen LogP contribution in [0.4, 0.5) is 0 Å². The van der Waals surface area contributed by atoms with E-state index in [9.17, 15) is 0 Å². The standard InChI is InChI=1S/C22H26S2/c1-19(2)10-9-11-20(18-24-22-14-7-4-8-15-22)16-17-23-21-12-5-3-6-13-21/h3-8,10,12-16H,9,11,17-18H2,1-2H3/b20-16-. The molecular weight excluding hydrogens is 328 g/mol. The van der Waals surface area contributed by atoms with Crippen molar-refractivity contribution in [2.45, 2.75) is 36.5 Å². The average molecular weight is 355 g/mol. The van der Waals surface area contributed by atoms with Crippen LogP contribution in [0, 0.1) is 0 Å². The predicted octanol–water partition coefficient (Wildman–Crippen LogP) is 7.24. The van der Waals surface area contributed by atoms with Crippen LogP contribution in [0.15, 0.2) is 93.8 Å². The van der Waals surface area contributed by atoms with Crippen molar-refractivity contribution in [3.05, 3.63) is 84.0 Å². The highest BCUT2D eigenvalue weighted by Crippen LogP contribution is 2.24. The van der Waals surface area contributed by atoms with E-state index in [1.54, 1.807) is 5.57 Å². The number of allylic oxidation sites excluding steroid dienone is 2. The number of benzene rings is 2. The maximum Gasteiger partial charge on any atom is 0.0191 e. The molecule has 0 nitrogen and oxygen atoms in total. The van der Waals surface area contributed by atoms with Gasteiger partial charge in [0, 0.05) is 21.3 Å². The van der Waals surface area contributed by atoms with E-state index in [-0.39, 0.29) is 0 Å². The highest BCUT2D eigenvalue weighted by atomic mass is 32.2. The van der Waals surface area contributed by atoms with Crippen molar-refractivity contribution >= 4 is 23.5 Å². The molecule has 0 aliphatic carbocycles. The van der Waals surface area contributed by atoms with E-state index in [2.05, 4.69) is 86.7 Å². The molecule has 0 amide bonds. The predicted molar refractivity (Wildman–Crippen MR) is 111 cm³/mol. The Morgan fingerprint density at radius 3 is 1.96 bits per heavy atom. The molecule has 0 heterocycles. The lowest BCUT2D eigenvalue weighted by Crippen LogP contribution is -1.90. The molecule has 2 rings (SSSR count). The molecule has 0 saturated carbocycles. The van der Waals surface area contributed by atoms with Crippen molar-refractivity contribution in [2.75, 3.05) is 11.5 Å². The molecule has 0 fully saturated rings. The molecule has 126 valence electrons. The first-order chi connectivity index (χ1) is 11.7. The summed E-state index contributed by atoms with van der Waals surface area (Å²) in [6, 6.07) is 21.3. The summed E-state index contributed by atoms with van der Waals surface area (Å²) < 4.78 is 0. The highest BCUT2D eigenvalue weighted by Gasteiger charge is 2.00. The zero-order chi connectivity index (χ0) is 17.0. The molecule has 0 atom stereocenters. The molecule has 0 spiro atoms. The average Bonchev–Trinajstić information content (AvgIpc) is 2.61. The minimum Gasteiger partial charge on any atom is -0.122 e. The van der Waals surface area contributed by atoms with Gasteiger partial charge in [-0.3, -0.25) is 0 Å². The van der Waals surface area contributed by atoms with E-state index < -0.39 is 0 Å². The summed E-state index contributed by atoms with van der Waals surface area (Å²) in [4.78, 5) is 2.69. The lowest BCUT2D eigenvalue weighted by molar-refractivity contribution is 0.968. The van der Waals surface area contributed by atoms with Gasteiger partial charge in [-0.15, -0.1) is 23.5 Å². The zero-order valence-corrected chi connectivity index (χ0v) is 16.2. The van der Waals surface area contributed by atoms with Crippen LogP contribution in [0.2, 0.25) is 0 Å². The third-order valence-electron chi connectivity index (χ3n) is 3.55. The van der Waals surface area contributed by atoms with Gasteiger partial charge in [-0.2, -0.15) is 0 Å². The lowest BCUT2D eigenvalue weighted by Gasteiger charge is -2.07. The van der Waals surface area contributed by atoms with Gasteiger partial charge in [-0.05, 0) is 51.0 Å². The van der Waals surface area contributed by atoms with Gasteiger partial charge in [-0.1, -0.05) is 59.7 Å². The van der Waals surface area contributed by atoms with Crippen molar-refractivity contribution in [2.24, 2.45) is 0 Å². The number of rotatable bonds is 9. The maximum atomic E-state index is 2.42. The lowest BCUT2D eigenvalue weighted by atomic mass is 10.1. The Morgan fingerprint density at radius 2 is 1.38 bits per heavy atom. The summed E-state index contributed by atoms with van der Waals surface area (Å²) in [5.41, 5.74) is 2.95. The minimum atomic E-state index is 1.05. The number of hydrogen-bond donors (Lipinski definition) is 0. The van der Waals surface area contributed by atoms with Crippen LogP contribution in [0.5, 0.6) is 0 Å². The Bertz CT molecular complexity index is 638. The van der Waals surface area contributed by atoms with E-state index in [0.717, 1.165) is 24.3 Å². The van der Waals surface area contributed by atoms with Crippen LogP contribution < -0.4 is 0 Å². The molecule has 0 saturated heterocycles. The number of thioether (sulfide) groups is 2. The van der Waals surface area contributed by atoms with Crippen molar-refractivity contribution in [1.29, 1.82) is 0 Å². The summed E-state index contributed by atoms with van der Waals surface area (Å²) in [5.74, 6) is 2.12. The van der Waals surface area contributed by atoms with Crippen molar-refractivity contribution in [1.82, 2.24) is 0 Å². The molecule has 24 heavy (non-hydrogen) atoms. The molecule has 0 aliphatic rings. The normalized spacial score (nSPS) is 11.3. The summed E-state index contributed by atoms with van der Waals surface area (Å²) in [5, 5.41) is 0. The van der Waals surface area contributed by atoms with E-state index in [1.807, 2.05) is 23.5 Å². The minimum absolute atomic E-state index is 1.05. The summed E-state index contributed by atoms with van der Waals surface area (Å²) in [6.45, 7) is 4.35. The Balaban J connectivity index is 1.90. The second-order valence-electron chi connectivity index (χ2n) is 5.91. The molecule has 0 bridgehead atoms. The third kappa shape index (κ3) is 7.94. The van der Waals surface area contributed by atoms with Crippen LogP contribution in [0.3, 0.4) is 0 Å². The van der Waals surface area contributed by atoms with Crippen LogP contribution >= 0.6 is 23.5 Å². The molecule has 2 aromatic rings. The Hall–Kier alpha value is -1.38. The van der Waals surface area contributed by atoms with E-state index >= 15 is 0 Å². The van der Waals surface area contributed by atoms with Crippen LogP contribution in [-0.4, -0.2) is 11.5 Å². The smallest absolute Gasteiger partial charge is 0.0191 e. The van der Waals surface area contributed by atoms with Gasteiger partial charge >= 0.3 is 0 Å². The molecule has 0 unspecified atom stereocenters. The maximum absolute atomic E-state index is 2.42. The first-order valence-corrected chi connectivity index (χ1v) is 10.4. The van der Waals surface area contributed by atoms with Gasteiger partial charge in [0.1, 0.15) is 0 Å². The fraction of sp³-hybridized carbons (Fsp3) is 0.273. The fourth-order valence-corrected chi connectivity index (χ4v) is 4.07. The molecule has 2 aromatic carbocycles. The Morgan fingerprint density at radius 1 is 0.792 bits per heavy atom. The van der Waals surface area contributed by atoms with E-state index in [4.69, 9.17) is 0 Å².